The van der Waals surface area contributed by atoms with Gasteiger partial charge in [-0.15, -0.1) is 10.2 Å². The fourth-order valence-electron chi connectivity index (χ4n) is 3.46. The minimum absolute atomic E-state index is 0.167. The topological polar surface area (TPSA) is 101 Å². The van der Waals surface area contributed by atoms with Crippen molar-refractivity contribution in [1.29, 1.82) is 0 Å². The van der Waals surface area contributed by atoms with E-state index >= 15 is 0 Å². The van der Waals surface area contributed by atoms with Crippen LogP contribution in [-0.4, -0.2) is 42.0 Å². The first-order chi connectivity index (χ1) is 15.4. The molecule has 3 aromatic rings. The summed E-state index contributed by atoms with van der Waals surface area (Å²) in [6.45, 7) is 2.75. The molecule has 0 bridgehead atoms. The summed E-state index contributed by atoms with van der Waals surface area (Å²) in [5.74, 6) is 0.208. The molecule has 0 saturated carbocycles. The van der Waals surface area contributed by atoms with Crippen molar-refractivity contribution in [2.75, 3.05) is 18.5 Å². The number of amides is 1. The Labute approximate surface area is 195 Å². The van der Waals surface area contributed by atoms with Gasteiger partial charge in [-0.2, -0.15) is 4.31 Å². The highest BCUT2D eigenvalue weighted by Crippen LogP contribution is 2.38. The smallest absolute Gasteiger partial charge is 0.286 e. The lowest BCUT2D eigenvalue weighted by atomic mass is 10.2. The van der Waals surface area contributed by atoms with Crippen LogP contribution in [0.3, 0.4) is 0 Å². The van der Waals surface area contributed by atoms with E-state index in [-0.39, 0.29) is 9.90 Å². The average Bonchev–Trinajstić information content (AvgIpc) is 3.46. The van der Waals surface area contributed by atoms with E-state index in [1.807, 2.05) is 6.92 Å². The third kappa shape index (κ3) is 4.78. The van der Waals surface area contributed by atoms with Crippen LogP contribution < -0.4 is 10.1 Å². The van der Waals surface area contributed by atoms with E-state index in [4.69, 9.17) is 16.3 Å². The van der Waals surface area contributed by atoms with Crippen LogP contribution in [0.2, 0.25) is 5.02 Å². The molecule has 1 aliphatic heterocycles. The summed E-state index contributed by atoms with van der Waals surface area (Å²) in [7, 11) is -3.73. The fraction of sp³-hybridized carbons (Fsp3) is 0.286. The van der Waals surface area contributed by atoms with Gasteiger partial charge in [-0.3, -0.25) is 4.79 Å². The molecule has 0 aliphatic carbocycles. The molecule has 8 nitrogen and oxygen atoms in total. The molecular formula is C21H21ClN4O4S2. The Morgan fingerprint density at radius 3 is 2.59 bits per heavy atom. The number of sulfonamides is 1. The van der Waals surface area contributed by atoms with Gasteiger partial charge in [0, 0.05) is 17.3 Å². The molecule has 1 amide bonds. The molecule has 11 heteroatoms. The van der Waals surface area contributed by atoms with Crippen molar-refractivity contribution < 1.29 is 17.9 Å². The number of halogens is 1. The number of nitrogens with zero attached hydrogens (tertiary/aromatic N) is 3. The van der Waals surface area contributed by atoms with E-state index < -0.39 is 22.0 Å². The van der Waals surface area contributed by atoms with Crippen LogP contribution in [0.4, 0.5) is 5.69 Å². The van der Waals surface area contributed by atoms with Gasteiger partial charge in [0.1, 0.15) is 10.8 Å². The van der Waals surface area contributed by atoms with Crippen molar-refractivity contribution in [2.24, 2.45) is 0 Å². The maximum Gasteiger partial charge on any atom is 0.286 e. The lowest BCUT2D eigenvalue weighted by molar-refractivity contribution is 0.102. The van der Waals surface area contributed by atoms with E-state index in [1.54, 1.807) is 48.5 Å². The number of aromatic nitrogens is 2. The van der Waals surface area contributed by atoms with Gasteiger partial charge < -0.3 is 10.1 Å². The van der Waals surface area contributed by atoms with Crippen molar-refractivity contribution in [1.82, 2.24) is 14.5 Å². The first kappa shape index (κ1) is 22.7. The molecule has 0 spiro atoms. The zero-order valence-corrected chi connectivity index (χ0v) is 19.6. The molecule has 168 valence electrons. The van der Waals surface area contributed by atoms with Gasteiger partial charge in [0.15, 0.2) is 0 Å². The zero-order valence-electron chi connectivity index (χ0n) is 17.2. The first-order valence-electron chi connectivity index (χ1n) is 10.0. The minimum Gasteiger partial charge on any atom is -0.494 e. The number of benzene rings is 2. The van der Waals surface area contributed by atoms with E-state index in [0.29, 0.717) is 47.5 Å². The lowest BCUT2D eigenvalue weighted by Gasteiger charge is -2.22. The number of carbonyl (C=O) groups is 1. The monoisotopic (exact) mass is 492 g/mol. The largest absolute Gasteiger partial charge is 0.494 e. The van der Waals surface area contributed by atoms with Crippen molar-refractivity contribution in [3.63, 3.8) is 0 Å². The van der Waals surface area contributed by atoms with E-state index in [1.165, 1.54) is 4.31 Å². The Bertz CT molecular complexity index is 1200. The van der Waals surface area contributed by atoms with Crippen LogP contribution in [0.15, 0.2) is 53.4 Å². The van der Waals surface area contributed by atoms with E-state index in [9.17, 15) is 13.2 Å². The van der Waals surface area contributed by atoms with E-state index in [0.717, 1.165) is 11.3 Å². The van der Waals surface area contributed by atoms with Crippen molar-refractivity contribution in [3.05, 3.63) is 63.6 Å². The molecule has 2 aromatic carbocycles. The number of anilines is 1. The zero-order chi connectivity index (χ0) is 22.7. The second-order valence-electron chi connectivity index (χ2n) is 7.08. The molecule has 0 unspecified atom stereocenters. The number of carbonyl (C=O) groups excluding carboxylic acids is 1. The van der Waals surface area contributed by atoms with Gasteiger partial charge in [-0.1, -0.05) is 22.9 Å². The first-order valence-corrected chi connectivity index (χ1v) is 12.7. The SMILES string of the molecule is CCOc1ccc(S(=O)(=O)N2CCC[C@H]2c2nnc(C(=O)Nc3ccc(Cl)cc3)s2)cc1. The van der Waals surface area contributed by atoms with Crippen LogP contribution in [-0.2, 0) is 10.0 Å². The maximum absolute atomic E-state index is 13.2. The molecule has 1 fully saturated rings. The highest BCUT2D eigenvalue weighted by atomic mass is 35.5. The van der Waals surface area contributed by atoms with Crippen LogP contribution in [0.1, 0.15) is 40.6 Å². The predicted molar refractivity (Wildman–Crippen MR) is 123 cm³/mol. The molecular weight excluding hydrogens is 472 g/mol. The van der Waals surface area contributed by atoms with Crippen LogP contribution >= 0.6 is 22.9 Å². The number of hydrogen-bond donors (Lipinski definition) is 1. The summed E-state index contributed by atoms with van der Waals surface area (Å²) in [5.41, 5.74) is 0.580. The number of ether oxygens (including phenoxy) is 1. The van der Waals surface area contributed by atoms with Gasteiger partial charge in [0.2, 0.25) is 15.0 Å². The molecule has 1 aliphatic rings. The quantitative estimate of drug-likeness (QED) is 0.525. The Hall–Kier alpha value is -2.53. The molecule has 4 rings (SSSR count). The second kappa shape index (κ2) is 9.53. The molecule has 2 heterocycles. The lowest BCUT2D eigenvalue weighted by Crippen LogP contribution is -2.30. The number of hydrogen-bond acceptors (Lipinski definition) is 7. The van der Waals surface area contributed by atoms with Crippen LogP contribution in [0.5, 0.6) is 5.75 Å². The molecule has 0 radical (unpaired) electrons. The normalized spacial score (nSPS) is 16.8. The summed E-state index contributed by atoms with van der Waals surface area (Å²) >= 11 is 6.96. The molecule has 1 saturated heterocycles. The molecule has 1 atom stereocenters. The molecule has 1 aromatic heterocycles. The molecule has 1 N–H and O–H groups in total. The standard InChI is InChI=1S/C21H21ClN4O4S2/c1-2-30-16-9-11-17(12-10-16)32(28,29)26-13-3-4-18(26)20-24-25-21(31-20)19(27)23-15-7-5-14(22)6-8-15/h5-12,18H,2-4,13H2,1H3,(H,23,27)/t18-/m0/s1. The summed E-state index contributed by atoms with van der Waals surface area (Å²) in [6, 6.07) is 12.6. The van der Waals surface area contributed by atoms with Gasteiger partial charge in [-0.05, 0) is 68.3 Å². The Kier molecular flexibility index (Phi) is 6.75. The third-order valence-corrected chi connectivity index (χ3v) is 8.16. The number of rotatable bonds is 7. The summed E-state index contributed by atoms with van der Waals surface area (Å²) in [4.78, 5) is 12.7. The van der Waals surface area contributed by atoms with Crippen LogP contribution in [0.25, 0.3) is 0 Å². The highest BCUT2D eigenvalue weighted by molar-refractivity contribution is 7.89. The summed E-state index contributed by atoms with van der Waals surface area (Å²) in [6.07, 6.45) is 1.32. The van der Waals surface area contributed by atoms with Crippen molar-refractivity contribution in [2.45, 2.75) is 30.7 Å². The minimum atomic E-state index is -3.73. The van der Waals surface area contributed by atoms with Crippen molar-refractivity contribution >= 4 is 44.6 Å². The Balaban J connectivity index is 1.51. The van der Waals surface area contributed by atoms with Crippen molar-refractivity contribution in [3.8, 4) is 5.75 Å². The number of nitrogens with one attached hydrogen (secondary N) is 1. The predicted octanol–water partition coefficient (Wildman–Crippen LogP) is 4.37. The summed E-state index contributed by atoms with van der Waals surface area (Å²) < 4.78 is 33.3. The average molecular weight is 493 g/mol. The Morgan fingerprint density at radius 2 is 1.91 bits per heavy atom. The van der Waals surface area contributed by atoms with Crippen LogP contribution in [0, 0.1) is 0 Å². The third-order valence-electron chi connectivity index (χ3n) is 4.97. The highest BCUT2D eigenvalue weighted by Gasteiger charge is 2.38. The Morgan fingerprint density at radius 1 is 1.19 bits per heavy atom. The van der Waals surface area contributed by atoms with E-state index in [2.05, 4.69) is 15.5 Å². The summed E-state index contributed by atoms with van der Waals surface area (Å²) in [5, 5.41) is 12.1. The van der Waals surface area contributed by atoms with Gasteiger partial charge in [-0.25, -0.2) is 8.42 Å². The van der Waals surface area contributed by atoms with Gasteiger partial charge >= 0.3 is 0 Å². The van der Waals surface area contributed by atoms with Gasteiger partial charge in [0.25, 0.3) is 5.91 Å². The second-order valence-corrected chi connectivity index (χ2v) is 10.4. The fourth-order valence-corrected chi connectivity index (χ4v) is 6.20. The maximum atomic E-state index is 13.2. The molecule has 32 heavy (non-hydrogen) atoms. The van der Waals surface area contributed by atoms with Gasteiger partial charge in [0.05, 0.1) is 17.5 Å².